The molecule has 3 unspecified atom stereocenters. The average Bonchev–Trinajstić information content (AvgIpc) is 3.77. The molecule has 0 spiro atoms. The summed E-state index contributed by atoms with van der Waals surface area (Å²) in [7, 11) is 0. The molecule has 2 amide bonds. The lowest BCUT2D eigenvalue weighted by Crippen LogP contribution is -2.37. The van der Waals surface area contributed by atoms with Gasteiger partial charge in [-0.25, -0.2) is 4.79 Å². The zero-order valence-electron chi connectivity index (χ0n) is 28.9. The molecule has 260 valence electrons. The number of amides is 2. The Hall–Kier alpha value is -4.30. The quantitative estimate of drug-likeness (QED) is 0.115. The van der Waals surface area contributed by atoms with Crippen molar-refractivity contribution in [3.05, 3.63) is 71.8 Å². The first-order chi connectivity index (χ1) is 23.8. The fourth-order valence-corrected chi connectivity index (χ4v) is 7.93. The second-order valence-corrected chi connectivity index (χ2v) is 14.3. The summed E-state index contributed by atoms with van der Waals surface area (Å²) >= 11 is 1.78. The fraction of sp³-hybridized carbons (Fsp3) is 0.500. The van der Waals surface area contributed by atoms with Gasteiger partial charge >= 0.3 is 6.09 Å². The van der Waals surface area contributed by atoms with E-state index in [0.717, 1.165) is 41.2 Å². The summed E-state index contributed by atoms with van der Waals surface area (Å²) in [6.07, 6.45) is 11.6. The van der Waals surface area contributed by atoms with Gasteiger partial charge in [-0.15, -0.1) is 10.2 Å². The summed E-state index contributed by atoms with van der Waals surface area (Å²) in [5, 5.41) is 15.9. The first-order valence-corrected chi connectivity index (χ1v) is 18.3. The van der Waals surface area contributed by atoms with Crippen LogP contribution in [0.2, 0.25) is 0 Å². The molecule has 49 heavy (non-hydrogen) atoms. The predicted molar refractivity (Wildman–Crippen MR) is 191 cm³/mol. The molecule has 2 aromatic heterocycles. The number of benzene rings is 1. The Labute approximate surface area is 294 Å². The number of thioether (sulfide) groups is 1. The topological polar surface area (TPSA) is 120 Å². The van der Waals surface area contributed by atoms with Crippen LogP contribution >= 0.6 is 11.8 Å². The molecule has 0 radical (unpaired) electrons. The molecular formula is C38H48N6O4S. The Morgan fingerprint density at radius 1 is 1.14 bits per heavy atom. The number of rotatable bonds is 13. The Bertz CT molecular complexity index is 1640. The normalized spacial score (nSPS) is 19.2. The summed E-state index contributed by atoms with van der Waals surface area (Å²) in [5.74, 6) is 8.69. The molecule has 11 heteroatoms. The smallest absolute Gasteiger partial charge is 0.408 e. The molecule has 0 saturated heterocycles. The number of aromatic nitrogens is 4. The van der Waals surface area contributed by atoms with E-state index in [2.05, 4.69) is 58.1 Å². The standard InChI is InChI=1S/C38H48N6O4S/c1-5-29-20-27(3)34(28(4)21-29)23-36(45)40-17-18-41-38(46)47-19-9-10-30-14-15-32(22-26(30)2)48-25-35-42-43-37(49-33-12-6-7-13-33)44(35)31-11-8-16-39-24-31/h8,11,14-16,22,24,28-29,33-34H,3,5-7,12-13,17-21,23,25H2,1-2,4H3,(H,40,45)(H,41,46). The van der Waals surface area contributed by atoms with Crippen molar-refractivity contribution in [2.24, 2.45) is 17.8 Å². The molecule has 2 saturated carbocycles. The van der Waals surface area contributed by atoms with Crippen LogP contribution in [0, 0.1) is 36.5 Å². The Kier molecular flexibility index (Phi) is 13.2. The minimum absolute atomic E-state index is 0.0171. The van der Waals surface area contributed by atoms with Gasteiger partial charge in [-0.05, 0) is 86.3 Å². The van der Waals surface area contributed by atoms with Crippen molar-refractivity contribution in [1.82, 2.24) is 30.4 Å². The molecule has 1 aromatic carbocycles. The molecule has 2 fully saturated rings. The summed E-state index contributed by atoms with van der Waals surface area (Å²) in [5.41, 5.74) is 3.84. The fourth-order valence-electron chi connectivity index (χ4n) is 6.66. The highest BCUT2D eigenvalue weighted by Gasteiger charge is 2.31. The maximum Gasteiger partial charge on any atom is 0.408 e. The number of nitrogens with zero attached hydrogens (tertiary/aromatic N) is 4. The van der Waals surface area contributed by atoms with Crippen molar-refractivity contribution >= 4 is 23.8 Å². The zero-order valence-corrected chi connectivity index (χ0v) is 29.7. The molecule has 2 heterocycles. The van der Waals surface area contributed by atoms with Gasteiger partial charge in [0.25, 0.3) is 0 Å². The van der Waals surface area contributed by atoms with Crippen molar-refractivity contribution in [3.63, 3.8) is 0 Å². The second-order valence-electron chi connectivity index (χ2n) is 13.1. The predicted octanol–water partition coefficient (Wildman–Crippen LogP) is 6.80. The number of aryl methyl sites for hydroxylation is 1. The van der Waals surface area contributed by atoms with Crippen LogP contribution < -0.4 is 15.4 Å². The van der Waals surface area contributed by atoms with E-state index >= 15 is 0 Å². The van der Waals surface area contributed by atoms with Crippen LogP contribution in [0.15, 0.2) is 60.0 Å². The average molecular weight is 685 g/mol. The highest BCUT2D eigenvalue weighted by molar-refractivity contribution is 7.99. The first kappa shape index (κ1) is 36.0. The lowest BCUT2D eigenvalue weighted by atomic mass is 9.70. The lowest BCUT2D eigenvalue weighted by Gasteiger charge is -2.35. The van der Waals surface area contributed by atoms with Crippen LogP contribution in [0.1, 0.15) is 82.2 Å². The van der Waals surface area contributed by atoms with Gasteiger partial charge in [-0.2, -0.15) is 0 Å². The van der Waals surface area contributed by atoms with Crippen LogP contribution in [0.5, 0.6) is 5.75 Å². The summed E-state index contributed by atoms with van der Waals surface area (Å²) in [6, 6.07) is 9.59. The first-order valence-electron chi connectivity index (χ1n) is 17.4. The molecule has 2 aliphatic carbocycles. The number of allylic oxidation sites excluding steroid dienone is 1. The summed E-state index contributed by atoms with van der Waals surface area (Å²) < 4.78 is 13.4. The minimum atomic E-state index is -0.576. The van der Waals surface area contributed by atoms with E-state index in [9.17, 15) is 9.59 Å². The zero-order chi connectivity index (χ0) is 34.6. The number of ether oxygens (including phenoxy) is 2. The van der Waals surface area contributed by atoms with Crippen molar-refractivity contribution in [3.8, 4) is 23.3 Å². The van der Waals surface area contributed by atoms with Gasteiger partial charge in [0, 0.05) is 36.5 Å². The van der Waals surface area contributed by atoms with Crippen LogP contribution in [-0.4, -0.2) is 56.7 Å². The minimum Gasteiger partial charge on any atom is -0.486 e. The van der Waals surface area contributed by atoms with Gasteiger partial charge in [-0.3, -0.25) is 14.3 Å². The van der Waals surface area contributed by atoms with Gasteiger partial charge in [-0.1, -0.05) is 68.9 Å². The van der Waals surface area contributed by atoms with Crippen molar-refractivity contribution in [1.29, 1.82) is 0 Å². The van der Waals surface area contributed by atoms with E-state index in [1.807, 2.05) is 48.0 Å². The highest BCUT2D eigenvalue weighted by Crippen LogP contribution is 2.40. The summed E-state index contributed by atoms with van der Waals surface area (Å²) in [4.78, 5) is 28.9. The van der Waals surface area contributed by atoms with Crippen LogP contribution in [0.3, 0.4) is 0 Å². The Morgan fingerprint density at radius 2 is 1.96 bits per heavy atom. The molecule has 2 aliphatic rings. The van der Waals surface area contributed by atoms with E-state index in [1.165, 1.54) is 31.3 Å². The van der Waals surface area contributed by atoms with Crippen molar-refractivity contribution in [2.45, 2.75) is 89.2 Å². The number of carbonyl (C=O) groups is 2. The molecular weight excluding hydrogens is 637 g/mol. The monoisotopic (exact) mass is 684 g/mol. The Balaban J connectivity index is 1.03. The maximum atomic E-state index is 12.5. The molecule has 0 bridgehead atoms. The second kappa shape index (κ2) is 17.9. The number of alkyl carbamates (subject to hydrolysis) is 1. The number of hydrogen-bond acceptors (Lipinski definition) is 8. The van der Waals surface area contributed by atoms with Gasteiger partial charge < -0.3 is 20.1 Å². The molecule has 5 rings (SSSR count). The van der Waals surface area contributed by atoms with Crippen LogP contribution in [0.4, 0.5) is 4.79 Å². The van der Waals surface area contributed by atoms with E-state index in [1.54, 1.807) is 18.0 Å². The van der Waals surface area contributed by atoms with Crippen molar-refractivity contribution in [2.75, 3.05) is 19.7 Å². The van der Waals surface area contributed by atoms with Crippen LogP contribution in [-0.2, 0) is 16.1 Å². The van der Waals surface area contributed by atoms with E-state index in [-0.39, 0.29) is 31.6 Å². The third kappa shape index (κ3) is 10.3. The van der Waals surface area contributed by atoms with Crippen molar-refractivity contribution < 1.29 is 19.1 Å². The maximum absolute atomic E-state index is 12.5. The van der Waals surface area contributed by atoms with E-state index < -0.39 is 6.09 Å². The highest BCUT2D eigenvalue weighted by atomic mass is 32.2. The molecule has 3 atom stereocenters. The van der Waals surface area contributed by atoms with E-state index in [0.29, 0.717) is 41.6 Å². The largest absolute Gasteiger partial charge is 0.486 e. The number of hydrogen-bond donors (Lipinski definition) is 2. The van der Waals surface area contributed by atoms with E-state index in [4.69, 9.17) is 9.47 Å². The molecule has 0 aliphatic heterocycles. The molecule has 2 N–H and O–H groups in total. The number of nitrogens with one attached hydrogen (secondary N) is 2. The number of carbonyl (C=O) groups excluding carboxylic acids is 2. The SMILES string of the molecule is C=C1CC(CC)CC(C)C1CC(=O)NCCNC(=O)OCC#Cc1ccc(OCc2nnc(SC3CCCC3)n2-c2cccnc2)cc1C. The third-order valence-electron chi connectivity index (χ3n) is 9.41. The third-order valence-corrected chi connectivity index (χ3v) is 10.7. The summed E-state index contributed by atoms with van der Waals surface area (Å²) in [6.45, 7) is 11.4. The van der Waals surface area contributed by atoms with Gasteiger partial charge in [0.1, 0.15) is 12.4 Å². The van der Waals surface area contributed by atoms with Gasteiger partial charge in [0.15, 0.2) is 17.6 Å². The molecule has 3 aromatic rings. The van der Waals surface area contributed by atoms with Crippen LogP contribution in [0.25, 0.3) is 5.69 Å². The Morgan fingerprint density at radius 3 is 2.69 bits per heavy atom. The molecule has 10 nitrogen and oxygen atoms in total. The van der Waals surface area contributed by atoms with Gasteiger partial charge in [0.05, 0.1) is 11.9 Å². The lowest BCUT2D eigenvalue weighted by molar-refractivity contribution is -0.122. The van der Waals surface area contributed by atoms with Gasteiger partial charge in [0.2, 0.25) is 5.91 Å². The number of pyridine rings is 1.